The second-order valence-electron chi connectivity index (χ2n) is 3.11. The maximum absolute atomic E-state index is 13.3. The zero-order valence-corrected chi connectivity index (χ0v) is 8.33. The number of methoxy groups -OCH3 is 1. The molecule has 1 aromatic carbocycles. The first-order valence-corrected chi connectivity index (χ1v) is 4.46. The summed E-state index contributed by atoms with van der Waals surface area (Å²) in [5.74, 6) is -1.95. The van der Waals surface area contributed by atoms with Crippen molar-refractivity contribution in [2.45, 2.75) is 0 Å². The second kappa shape index (κ2) is 3.84. The largest absolute Gasteiger partial charge is 0.464 e. The Kier molecular flexibility index (Phi) is 2.52. The van der Waals surface area contributed by atoms with Crippen LogP contribution in [0.4, 0.5) is 8.78 Å². The molecule has 0 unspecified atom stereocenters. The van der Waals surface area contributed by atoms with Gasteiger partial charge in [-0.15, -0.1) is 0 Å². The number of esters is 1. The molecule has 0 amide bonds. The highest BCUT2D eigenvalue weighted by molar-refractivity contribution is 5.91. The highest BCUT2D eigenvalue weighted by Gasteiger charge is 2.12. The van der Waals surface area contributed by atoms with Crippen molar-refractivity contribution in [1.82, 2.24) is 4.98 Å². The van der Waals surface area contributed by atoms with Gasteiger partial charge in [0.15, 0.2) is 0 Å². The molecule has 0 fully saturated rings. The SMILES string of the molecule is COC(=O)c1ccc2c(F)ccc(F)c2n1. The third-order valence-corrected chi connectivity index (χ3v) is 2.15. The molecule has 5 heteroatoms. The average Bonchev–Trinajstić information content (AvgIpc) is 2.32. The van der Waals surface area contributed by atoms with Crippen molar-refractivity contribution in [3.05, 3.63) is 41.6 Å². The van der Waals surface area contributed by atoms with Crippen LogP contribution < -0.4 is 0 Å². The Morgan fingerprint density at radius 3 is 2.56 bits per heavy atom. The molecule has 0 aliphatic heterocycles. The lowest BCUT2D eigenvalue weighted by Crippen LogP contribution is -2.04. The molecule has 2 rings (SSSR count). The third-order valence-electron chi connectivity index (χ3n) is 2.15. The fourth-order valence-corrected chi connectivity index (χ4v) is 1.37. The lowest BCUT2D eigenvalue weighted by Gasteiger charge is -2.02. The van der Waals surface area contributed by atoms with E-state index in [-0.39, 0.29) is 16.6 Å². The van der Waals surface area contributed by atoms with E-state index in [1.165, 1.54) is 19.2 Å². The Hall–Kier alpha value is -2.04. The van der Waals surface area contributed by atoms with Crippen LogP contribution in [0.25, 0.3) is 10.9 Å². The van der Waals surface area contributed by atoms with E-state index >= 15 is 0 Å². The summed E-state index contributed by atoms with van der Waals surface area (Å²) in [5, 5.41) is 0.0349. The Labute approximate surface area is 89.7 Å². The number of halogens is 2. The molecule has 0 saturated heterocycles. The summed E-state index contributed by atoms with van der Waals surface area (Å²) >= 11 is 0. The summed E-state index contributed by atoms with van der Waals surface area (Å²) in [4.78, 5) is 14.9. The zero-order chi connectivity index (χ0) is 11.7. The van der Waals surface area contributed by atoms with Crippen LogP contribution in [0.1, 0.15) is 10.5 Å². The van der Waals surface area contributed by atoms with E-state index in [0.29, 0.717) is 0 Å². The highest BCUT2D eigenvalue weighted by Crippen LogP contribution is 2.19. The smallest absolute Gasteiger partial charge is 0.356 e. The van der Waals surface area contributed by atoms with Crippen LogP contribution >= 0.6 is 0 Å². The molecule has 0 saturated carbocycles. The van der Waals surface area contributed by atoms with E-state index < -0.39 is 17.6 Å². The number of ether oxygens (including phenoxy) is 1. The molecular weight excluding hydrogens is 216 g/mol. The van der Waals surface area contributed by atoms with E-state index in [0.717, 1.165) is 12.1 Å². The van der Waals surface area contributed by atoms with Gasteiger partial charge in [0.1, 0.15) is 22.8 Å². The van der Waals surface area contributed by atoms with Gasteiger partial charge in [0, 0.05) is 5.39 Å². The molecular formula is C11H7F2NO2. The van der Waals surface area contributed by atoms with Crippen LogP contribution in [0, 0.1) is 11.6 Å². The third kappa shape index (κ3) is 1.60. The molecule has 0 aliphatic rings. The van der Waals surface area contributed by atoms with Gasteiger partial charge in [-0.2, -0.15) is 0 Å². The van der Waals surface area contributed by atoms with Crippen LogP contribution in [-0.2, 0) is 4.74 Å². The highest BCUT2D eigenvalue weighted by atomic mass is 19.1. The molecule has 0 spiro atoms. The summed E-state index contributed by atoms with van der Waals surface area (Å²) in [5.41, 5.74) is -0.234. The molecule has 1 aromatic heterocycles. The van der Waals surface area contributed by atoms with Gasteiger partial charge in [0.25, 0.3) is 0 Å². The van der Waals surface area contributed by atoms with Gasteiger partial charge in [-0.05, 0) is 24.3 Å². The lowest BCUT2D eigenvalue weighted by molar-refractivity contribution is 0.0594. The molecule has 16 heavy (non-hydrogen) atoms. The average molecular weight is 223 g/mol. The number of rotatable bonds is 1. The van der Waals surface area contributed by atoms with Gasteiger partial charge in [-0.3, -0.25) is 0 Å². The zero-order valence-electron chi connectivity index (χ0n) is 8.33. The fraction of sp³-hybridized carbons (Fsp3) is 0.0909. The number of carbonyl (C=O) groups excluding carboxylic acids is 1. The van der Waals surface area contributed by atoms with Gasteiger partial charge < -0.3 is 4.74 Å². The Bertz CT molecular complexity index is 569. The van der Waals surface area contributed by atoms with E-state index in [1.807, 2.05) is 0 Å². The molecule has 0 N–H and O–H groups in total. The van der Waals surface area contributed by atoms with Crippen molar-refractivity contribution >= 4 is 16.9 Å². The van der Waals surface area contributed by atoms with E-state index in [2.05, 4.69) is 9.72 Å². The lowest BCUT2D eigenvalue weighted by atomic mass is 10.2. The number of nitrogens with zero attached hydrogens (tertiary/aromatic N) is 1. The molecule has 1 heterocycles. The predicted octanol–water partition coefficient (Wildman–Crippen LogP) is 2.30. The van der Waals surface area contributed by atoms with Gasteiger partial charge >= 0.3 is 5.97 Å². The van der Waals surface area contributed by atoms with Gasteiger partial charge in [0.2, 0.25) is 0 Å². The number of fused-ring (bicyclic) bond motifs is 1. The Morgan fingerprint density at radius 2 is 1.88 bits per heavy atom. The minimum Gasteiger partial charge on any atom is -0.464 e. The Balaban J connectivity index is 2.70. The van der Waals surface area contributed by atoms with Crippen molar-refractivity contribution in [1.29, 1.82) is 0 Å². The van der Waals surface area contributed by atoms with Crippen LogP contribution in [0.15, 0.2) is 24.3 Å². The monoisotopic (exact) mass is 223 g/mol. The van der Waals surface area contributed by atoms with Crippen molar-refractivity contribution in [3.63, 3.8) is 0 Å². The summed E-state index contributed by atoms with van der Waals surface area (Å²) in [6.45, 7) is 0. The molecule has 3 nitrogen and oxygen atoms in total. The molecule has 0 radical (unpaired) electrons. The minimum atomic E-state index is -0.689. The van der Waals surface area contributed by atoms with Gasteiger partial charge in [-0.25, -0.2) is 18.6 Å². The van der Waals surface area contributed by atoms with E-state index in [1.54, 1.807) is 0 Å². The number of pyridine rings is 1. The molecule has 0 aliphatic carbocycles. The molecule has 0 bridgehead atoms. The van der Waals surface area contributed by atoms with E-state index in [9.17, 15) is 13.6 Å². The quantitative estimate of drug-likeness (QED) is 0.696. The van der Waals surface area contributed by atoms with E-state index in [4.69, 9.17) is 0 Å². The number of benzene rings is 1. The van der Waals surface area contributed by atoms with Crippen LogP contribution in [-0.4, -0.2) is 18.1 Å². The minimum absolute atomic E-state index is 0.0349. The number of aromatic nitrogens is 1. The first-order chi connectivity index (χ1) is 7.63. The van der Waals surface area contributed by atoms with Crippen LogP contribution in [0.3, 0.4) is 0 Å². The predicted molar refractivity (Wildman–Crippen MR) is 53.0 cm³/mol. The van der Waals surface area contributed by atoms with Crippen molar-refractivity contribution in [2.75, 3.05) is 7.11 Å². The molecule has 2 aromatic rings. The second-order valence-corrected chi connectivity index (χ2v) is 3.11. The van der Waals surface area contributed by atoms with Crippen LogP contribution in [0.2, 0.25) is 0 Å². The summed E-state index contributed by atoms with van der Waals surface area (Å²) in [6.07, 6.45) is 0. The summed E-state index contributed by atoms with van der Waals surface area (Å²) in [7, 11) is 1.19. The number of hydrogen-bond donors (Lipinski definition) is 0. The normalized spacial score (nSPS) is 10.4. The Morgan fingerprint density at radius 1 is 1.19 bits per heavy atom. The summed E-state index contributed by atoms with van der Waals surface area (Å²) in [6, 6.07) is 4.56. The standard InChI is InChI=1S/C11H7F2NO2/c1-16-11(15)9-5-2-6-7(12)3-4-8(13)10(6)14-9/h2-5H,1H3. The number of hydrogen-bond acceptors (Lipinski definition) is 3. The van der Waals surface area contributed by atoms with Crippen molar-refractivity contribution in [2.24, 2.45) is 0 Å². The van der Waals surface area contributed by atoms with Crippen molar-refractivity contribution < 1.29 is 18.3 Å². The topological polar surface area (TPSA) is 39.2 Å². The fourth-order valence-electron chi connectivity index (χ4n) is 1.37. The maximum Gasteiger partial charge on any atom is 0.356 e. The molecule has 82 valence electrons. The van der Waals surface area contributed by atoms with Gasteiger partial charge in [-0.1, -0.05) is 0 Å². The van der Waals surface area contributed by atoms with Gasteiger partial charge in [0.05, 0.1) is 7.11 Å². The first kappa shape index (κ1) is 10.5. The maximum atomic E-state index is 13.3. The molecule has 0 atom stereocenters. The first-order valence-electron chi connectivity index (χ1n) is 4.46. The summed E-state index contributed by atoms with van der Waals surface area (Å²) < 4.78 is 31.0. The number of carbonyl (C=O) groups is 1. The van der Waals surface area contributed by atoms with Crippen LogP contribution in [0.5, 0.6) is 0 Å². The van der Waals surface area contributed by atoms with Crippen molar-refractivity contribution in [3.8, 4) is 0 Å².